The molecule has 4 aromatic rings. The number of fused-ring (bicyclic) bond motifs is 1. The topological polar surface area (TPSA) is 114 Å². The molecule has 2 aromatic carbocycles. The van der Waals surface area contributed by atoms with Gasteiger partial charge in [-0.25, -0.2) is 4.98 Å². The van der Waals surface area contributed by atoms with E-state index in [0.29, 0.717) is 11.1 Å². The van der Waals surface area contributed by atoms with E-state index in [0.717, 1.165) is 5.69 Å². The van der Waals surface area contributed by atoms with Gasteiger partial charge in [-0.3, -0.25) is 19.9 Å². The van der Waals surface area contributed by atoms with Gasteiger partial charge in [0.05, 0.1) is 10.3 Å². The number of non-ortho nitro benzene ring substituents is 1. The predicted octanol–water partition coefficient (Wildman–Crippen LogP) is 3.64. The number of anilines is 2. The fourth-order valence-corrected chi connectivity index (χ4v) is 2.81. The van der Waals surface area contributed by atoms with Crippen LogP contribution in [0.4, 0.5) is 17.3 Å². The van der Waals surface area contributed by atoms with Gasteiger partial charge in [0.25, 0.3) is 11.2 Å². The maximum atomic E-state index is 12.7. The van der Waals surface area contributed by atoms with Crippen molar-refractivity contribution >= 4 is 28.4 Å². The summed E-state index contributed by atoms with van der Waals surface area (Å²) >= 11 is 0. The SMILES string of the molecule is O=c1[nH]c(Nc2ccccc2)nc2nccc(-c3cccc([N+](=O)[O-])c3)c12. The molecule has 0 aliphatic carbocycles. The number of nitrogens with one attached hydrogen (secondary N) is 2. The molecule has 4 rings (SSSR count). The molecule has 2 heterocycles. The molecular weight excluding hydrogens is 346 g/mol. The average Bonchev–Trinajstić information content (AvgIpc) is 2.68. The number of nitro groups is 1. The van der Waals surface area contributed by atoms with E-state index in [9.17, 15) is 14.9 Å². The lowest BCUT2D eigenvalue weighted by atomic mass is 10.0. The van der Waals surface area contributed by atoms with Gasteiger partial charge in [-0.1, -0.05) is 30.3 Å². The van der Waals surface area contributed by atoms with Crippen molar-refractivity contribution in [2.75, 3.05) is 5.32 Å². The molecule has 0 fully saturated rings. The number of hydrogen-bond donors (Lipinski definition) is 2. The highest BCUT2D eigenvalue weighted by molar-refractivity contribution is 5.92. The third-order valence-electron chi connectivity index (χ3n) is 4.01. The van der Waals surface area contributed by atoms with Crippen LogP contribution in [0.5, 0.6) is 0 Å². The predicted molar refractivity (Wildman–Crippen MR) is 102 cm³/mol. The molecule has 132 valence electrons. The Labute approximate surface area is 152 Å². The van der Waals surface area contributed by atoms with Crippen LogP contribution < -0.4 is 10.9 Å². The van der Waals surface area contributed by atoms with Gasteiger partial charge in [0.1, 0.15) is 0 Å². The van der Waals surface area contributed by atoms with Crippen molar-refractivity contribution in [3.05, 3.63) is 87.3 Å². The van der Waals surface area contributed by atoms with Gasteiger partial charge < -0.3 is 5.32 Å². The molecule has 0 aliphatic rings. The van der Waals surface area contributed by atoms with Crippen LogP contribution in [-0.4, -0.2) is 19.9 Å². The Balaban J connectivity index is 1.83. The summed E-state index contributed by atoms with van der Waals surface area (Å²) in [6, 6.07) is 17.0. The van der Waals surface area contributed by atoms with Gasteiger partial charge in [-0.15, -0.1) is 0 Å². The van der Waals surface area contributed by atoms with Gasteiger partial charge in [-0.2, -0.15) is 4.98 Å². The molecule has 27 heavy (non-hydrogen) atoms. The van der Waals surface area contributed by atoms with Gasteiger partial charge in [0, 0.05) is 29.6 Å². The Hall–Kier alpha value is -4.07. The smallest absolute Gasteiger partial charge is 0.270 e. The number of nitro benzene ring substituents is 1. The first-order valence-corrected chi connectivity index (χ1v) is 8.08. The van der Waals surface area contributed by atoms with Crippen LogP contribution in [0.3, 0.4) is 0 Å². The van der Waals surface area contributed by atoms with Crippen molar-refractivity contribution in [2.24, 2.45) is 0 Å². The molecule has 8 heteroatoms. The van der Waals surface area contributed by atoms with Crippen LogP contribution in [0, 0.1) is 10.1 Å². The average molecular weight is 359 g/mol. The third kappa shape index (κ3) is 3.23. The van der Waals surface area contributed by atoms with E-state index in [4.69, 9.17) is 0 Å². The Morgan fingerprint density at radius 2 is 1.85 bits per heavy atom. The van der Waals surface area contributed by atoms with Crippen LogP contribution >= 0.6 is 0 Å². The minimum absolute atomic E-state index is 0.0517. The second-order valence-electron chi connectivity index (χ2n) is 5.77. The molecule has 0 spiro atoms. The molecular formula is C19H13N5O3. The zero-order valence-corrected chi connectivity index (χ0v) is 13.9. The molecule has 2 N–H and O–H groups in total. The molecule has 0 saturated carbocycles. The summed E-state index contributed by atoms with van der Waals surface area (Å²) in [6.45, 7) is 0. The molecule has 0 bridgehead atoms. The molecule has 0 aliphatic heterocycles. The standard InChI is InChI=1S/C19H13N5O3/c25-18-16-15(12-5-4-8-14(11-12)24(26)27)9-10-20-17(16)22-19(23-18)21-13-6-2-1-3-7-13/h1-11H,(H2,20,21,22,23,25). The highest BCUT2D eigenvalue weighted by Crippen LogP contribution is 2.27. The van der Waals surface area contributed by atoms with E-state index in [1.807, 2.05) is 30.3 Å². The first-order chi connectivity index (χ1) is 13.1. The number of benzene rings is 2. The Bertz CT molecular complexity index is 1200. The quantitative estimate of drug-likeness (QED) is 0.425. The van der Waals surface area contributed by atoms with Crippen molar-refractivity contribution in [1.82, 2.24) is 15.0 Å². The van der Waals surface area contributed by atoms with Crippen molar-refractivity contribution in [3.63, 3.8) is 0 Å². The van der Waals surface area contributed by atoms with Crippen LogP contribution in [0.1, 0.15) is 0 Å². The highest BCUT2D eigenvalue weighted by atomic mass is 16.6. The number of H-pyrrole nitrogens is 1. The fraction of sp³-hybridized carbons (Fsp3) is 0. The normalized spacial score (nSPS) is 10.7. The minimum Gasteiger partial charge on any atom is -0.326 e. The van der Waals surface area contributed by atoms with Crippen LogP contribution in [0.15, 0.2) is 71.7 Å². The highest BCUT2D eigenvalue weighted by Gasteiger charge is 2.14. The van der Waals surface area contributed by atoms with E-state index in [1.165, 1.54) is 18.3 Å². The molecule has 0 unspecified atom stereocenters. The van der Waals surface area contributed by atoms with Crippen LogP contribution in [0.2, 0.25) is 0 Å². The third-order valence-corrected chi connectivity index (χ3v) is 4.01. The number of hydrogen-bond acceptors (Lipinski definition) is 6. The van der Waals surface area contributed by atoms with E-state index in [2.05, 4.69) is 20.3 Å². The number of para-hydroxylation sites is 1. The van der Waals surface area contributed by atoms with Crippen molar-refractivity contribution in [3.8, 4) is 11.1 Å². The van der Waals surface area contributed by atoms with Gasteiger partial charge >= 0.3 is 0 Å². The first kappa shape index (κ1) is 16.4. The summed E-state index contributed by atoms with van der Waals surface area (Å²) in [5, 5.41) is 14.3. The molecule has 8 nitrogen and oxygen atoms in total. The maximum absolute atomic E-state index is 12.7. The zero-order valence-electron chi connectivity index (χ0n) is 13.9. The molecule has 0 atom stereocenters. The van der Waals surface area contributed by atoms with Gasteiger partial charge in [0.15, 0.2) is 5.65 Å². The van der Waals surface area contributed by atoms with Crippen molar-refractivity contribution in [2.45, 2.75) is 0 Å². The lowest BCUT2D eigenvalue weighted by molar-refractivity contribution is -0.384. The number of pyridine rings is 1. The summed E-state index contributed by atoms with van der Waals surface area (Å²) in [5.41, 5.74) is 1.67. The Kier molecular flexibility index (Phi) is 4.06. The van der Waals surface area contributed by atoms with E-state index >= 15 is 0 Å². The summed E-state index contributed by atoms with van der Waals surface area (Å²) in [7, 11) is 0. The Morgan fingerprint density at radius 3 is 2.63 bits per heavy atom. The summed E-state index contributed by atoms with van der Waals surface area (Å²) in [5.74, 6) is 0.266. The first-order valence-electron chi connectivity index (χ1n) is 8.08. The Morgan fingerprint density at radius 1 is 1.04 bits per heavy atom. The summed E-state index contributed by atoms with van der Waals surface area (Å²) in [6.07, 6.45) is 1.52. The largest absolute Gasteiger partial charge is 0.326 e. The zero-order chi connectivity index (χ0) is 18.8. The second kappa shape index (κ2) is 6.68. The number of aromatic nitrogens is 3. The second-order valence-corrected chi connectivity index (χ2v) is 5.77. The number of aromatic amines is 1. The molecule has 2 aromatic heterocycles. The van der Waals surface area contributed by atoms with Gasteiger partial charge in [-0.05, 0) is 23.8 Å². The molecule has 0 radical (unpaired) electrons. The van der Waals surface area contributed by atoms with Crippen molar-refractivity contribution in [1.29, 1.82) is 0 Å². The van der Waals surface area contributed by atoms with Crippen LogP contribution in [0.25, 0.3) is 22.2 Å². The summed E-state index contributed by atoms with van der Waals surface area (Å²) < 4.78 is 0. The van der Waals surface area contributed by atoms with Gasteiger partial charge in [0.2, 0.25) is 5.95 Å². The maximum Gasteiger partial charge on any atom is 0.270 e. The molecule has 0 amide bonds. The molecule has 0 saturated heterocycles. The number of rotatable bonds is 4. The fourth-order valence-electron chi connectivity index (χ4n) is 2.81. The lowest BCUT2D eigenvalue weighted by Gasteiger charge is -2.08. The van der Waals surface area contributed by atoms with E-state index in [-0.39, 0.29) is 28.2 Å². The van der Waals surface area contributed by atoms with Crippen molar-refractivity contribution < 1.29 is 4.92 Å². The van der Waals surface area contributed by atoms with E-state index < -0.39 is 4.92 Å². The monoisotopic (exact) mass is 359 g/mol. The number of nitrogens with zero attached hydrogens (tertiary/aromatic N) is 3. The minimum atomic E-state index is -0.475. The van der Waals surface area contributed by atoms with Crippen LogP contribution in [-0.2, 0) is 0 Å². The lowest BCUT2D eigenvalue weighted by Crippen LogP contribution is -2.13. The van der Waals surface area contributed by atoms with E-state index in [1.54, 1.807) is 18.2 Å². The summed E-state index contributed by atoms with van der Waals surface area (Å²) in [4.78, 5) is 34.5.